The van der Waals surface area contributed by atoms with Crippen molar-refractivity contribution in [1.82, 2.24) is 30.3 Å². The van der Waals surface area contributed by atoms with Gasteiger partial charge in [0.1, 0.15) is 18.2 Å². The van der Waals surface area contributed by atoms with Gasteiger partial charge in [-0.05, 0) is 44.5 Å². The van der Waals surface area contributed by atoms with Crippen LogP contribution < -0.4 is 10.6 Å². The standard InChI is InChI=1S/C20H31N7O2.HI/c1-21-20(22-12-16(17-6-5-11-29-17)26-9-3-4-10-26)23-15-7-8-19-24-18(14-28-2)25-27(19)13-15;/h5-6,11,15-16H,3-4,7-10,12-14H2,1-2H3,(H2,21,22,23);1H. The molecule has 2 aromatic heterocycles. The molecule has 0 bridgehead atoms. The highest BCUT2D eigenvalue weighted by Gasteiger charge is 2.27. The number of likely N-dealkylation sites (tertiary alicyclic amines) is 1. The Labute approximate surface area is 194 Å². The SMILES string of the molecule is CN=C(NCC(c1ccco1)N1CCCC1)NC1CCc2nc(COC)nn2C1.I. The van der Waals surface area contributed by atoms with E-state index in [0.717, 1.165) is 62.4 Å². The Morgan fingerprint density at radius 3 is 2.93 bits per heavy atom. The van der Waals surface area contributed by atoms with Gasteiger partial charge in [-0.3, -0.25) is 9.89 Å². The Bertz CT molecular complexity index is 802. The highest BCUT2D eigenvalue weighted by Crippen LogP contribution is 2.24. The third kappa shape index (κ3) is 5.52. The number of guanidine groups is 1. The van der Waals surface area contributed by atoms with E-state index < -0.39 is 0 Å². The van der Waals surface area contributed by atoms with Gasteiger partial charge in [-0.25, -0.2) is 9.67 Å². The minimum absolute atomic E-state index is 0. The summed E-state index contributed by atoms with van der Waals surface area (Å²) in [4.78, 5) is 11.5. The van der Waals surface area contributed by atoms with Gasteiger partial charge in [0, 0.05) is 33.2 Å². The Kier molecular flexibility index (Phi) is 8.51. The first-order valence-corrected chi connectivity index (χ1v) is 10.4. The van der Waals surface area contributed by atoms with E-state index in [1.54, 1.807) is 13.4 Å². The first-order chi connectivity index (χ1) is 14.3. The molecule has 0 saturated carbocycles. The molecule has 4 heterocycles. The number of methoxy groups -OCH3 is 1. The highest BCUT2D eigenvalue weighted by atomic mass is 127. The van der Waals surface area contributed by atoms with Crippen LogP contribution in [0.5, 0.6) is 0 Å². The van der Waals surface area contributed by atoms with E-state index in [2.05, 4.69) is 36.7 Å². The summed E-state index contributed by atoms with van der Waals surface area (Å²) in [5.74, 6) is 3.60. The largest absolute Gasteiger partial charge is 0.468 e. The molecule has 2 aliphatic rings. The van der Waals surface area contributed by atoms with E-state index in [0.29, 0.717) is 6.61 Å². The average molecular weight is 529 g/mol. The van der Waals surface area contributed by atoms with E-state index in [-0.39, 0.29) is 36.1 Å². The fraction of sp³-hybridized carbons (Fsp3) is 0.650. The monoisotopic (exact) mass is 529 g/mol. The number of rotatable bonds is 7. The van der Waals surface area contributed by atoms with Gasteiger partial charge in [0.25, 0.3) is 0 Å². The van der Waals surface area contributed by atoms with Crippen LogP contribution in [0.15, 0.2) is 27.8 Å². The Morgan fingerprint density at radius 2 is 2.23 bits per heavy atom. The summed E-state index contributed by atoms with van der Waals surface area (Å²) in [6.07, 6.45) is 6.14. The van der Waals surface area contributed by atoms with E-state index >= 15 is 0 Å². The summed E-state index contributed by atoms with van der Waals surface area (Å²) in [5.41, 5.74) is 0. The summed E-state index contributed by atoms with van der Waals surface area (Å²) >= 11 is 0. The maximum atomic E-state index is 5.71. The van der Waals surface area contributed by atoms with Gasteiger partial charge in [-0.15, -0.1) is 24.0 Å². The summed E-state index contributed by atoms with van der Waals surface area (Å²) in [5, 5.41) is 11.6. The minimum atomic E-state index is 0. The van der Waals surface area contributed by atoms with Gasteiger partial charge in [0.2, 0.25) is 0 Å². The number of nitrogens with one attached hydrogen (secondary N) is 2. The quantitative estimate of drug-likeness (QED) is 0.322. The second-order valence-electron chi connectivity index (χ2n) is 7.67. The van der Waals surface area contributed by atoms with Gasteiger partial charge in [-0.2, -0.15) is 5.10 Å². The summed E-state index contributed by atoms with van der Waals surface area (Å²) < 4.78 is 12.8. The van der Waals surface area contributed by atoms with Crippen molar-refractivity contribution in [2.24, 2.45) is 4.99 Å². The summed E-state index contributed by atoms with van der Waals surface area (Å²) in [6, 6.07) is 4.50. The van der Waals surface area contributed by atoms with Gasteiger partial charge >= 0.3 is 0 Å². The summed E-state index contributed by atoms with van der Waals surface area (Å²) in [7, 11) is 3.48. The lowest BCUT2D eigenvalue weighted by atomic mass is 10.1. The van der Waals surface area contributed by atoms with E-state index in [1.165, 1.54) is 12.8 Å². The van der Waals surface area contributed by atoms with Gasteiger partial charge in [0.15, 0.2) is 11.8 Å². The maximum absolute atomic E-state index is 5.71. The van der Waals surface area contributed by atoms with Crippen LogP contribution in [0, 0.1) is 0 Å². The molecule has 1 saturated heterocycles. The van der Waals surface area contributed by atoms with Gasteiger partial charge < -0.3 is 19.8 Å². The highest BCUT2D eigenvalue weighted by molar-refractivity contribution is 14.0. The fourth-order valence-electron chi connectivity index (χ4n) is 4.19. The Balaban J connectivity index is 0.00000256. The van der Waals surface area contributed by atoms with Crippen LogP contribution in [0.2, 0.25) is 0 Å². The zero-order valence-corrected chi connectivity index (χ0v) is 20.0. The van der Waals surface area contributed by atoms with Crippen LogP contribution in [0.4, 0.5) is 0 Å². The molecule has 0 amide bonds. The third-order valence-corrected chi connectivity index (χ3v) is 5.66. The van der Waals surface area contributed by atoms with E-state index in [9.17, 15) is 0 Å². The molecule has 1 fully saturated rings. The van der Waals surface area contributed by atoms with E-state index in [1.807, 2.05) is 17.8 Å². The lowest BCUT2D eigenvalue weighted by molar-refractivity contribution is 0.177. The van der Waals surface area contributed by atoms with Crippen molar-refractivity contribution in [2.75, 3.05) is 33.8 Å². The molecule has 4 rings (SSSR count). The molecule has 0 aliphatic carbocycles. The number of halogens is 1. The zero-order chi connectivity index (χ0) is 20.1. The average Bonchev–Trinajstić information content (AvgIpc) is 3.49. The second-order valence-corrected chi connectivity index (χ2v) is 7.67. The van der Waals surface area contributed by atoms with Crippen molar-refractivity contribution in [1.29, 1.82) is 0 Å². The molecule has 166 valence electrons. The lowest BCUT2D eigenvalue weighted by Gasteiger charge is -2.29. The minimum Gasteiger partial charge on any atom is -0.468 e. The molecule has 0 spiro atoms. The molecular weight excluding hydrogens is 497 g/mol. The molecule has 10 heteroatoms. The fourth-order valence-corrected chi connectivity index (χ4v) is 4.19. The Morgan fingerprint density at radius 1 is 1.40 bits per heavy atom. The molecule has 2 N–H and O–H groups in total. The van der Waals surface area contributed by atoms with Crippen molar-refractivity contribution in [3.8, 4) is 0 Å². The summed E-state index contributed by atoms with van der Waals surface area (Å²) in [6.45, 7) is 4.21. The number of aliphatic imine (C=N–C) groups is 1. The van der Waals surface area contributed by atoms with Crippen LogP contribution in [0.3, 0.4) is 0 Å². The van der Waals surface area contributed by atoms with Crippen molar-refractivity contribution in [3.63, 3.8) is 0 Å². The third-order valence-electron chi connectivity index (χ3n) is 5.66. The number of hydrogen-bond donors (Lipinski definition) is 2. The molecule has 0 radical (unpaired) electrons. The van der Waals surface area contributed by atoms with Crippen molar-refractivity contribution < 1.29 is 9.15 Å². The molecule has 0 aromatic carbocycles. The number of nitrogens with zero attached hydrogens (tertiary/aromatic N) is 5. The van der Waals surface area contributed by atoms with Gasteiger partial charge in [-0.1, -0.05) is 0 Å². The Hall–Kier alpha value is -1.66. The van der Waals surface area contributed by atoms with Crippen LogP contribution in [0.1, 0.15) is 42.7 Å². The van der Waals surface area contributed by atoms with E-state index in [4.69, 9.17) is 9.15 Å². The van der Waals surface area contributed by atoms with Crippen LogP contribution in [-0.2, 0) is 24.3 Å². The van der Waals surface area contributed by atoms with Crippen LogP contribution in [0.25, 0.3) is 0 Å². The van der Waals surface area contributed by atoms with Gasteiger partial charge in [0.05, 0.1) is 18.8 Å². The molecule has 2 aromatic rings. The first-order valence-electron chi connectivity index (χ1n) is 10.4. The smallest absolute Gasteiger partial charge is 0.191 e. The normalized spacial score (nSPS) is 20.5. The molecule has 2 unspecified atom stereocenters. The van der Waals surface area contributed by atoms with Crippen LogP contribution in [-0.4, -0.2) is 65.5 Å². The molecule has 9 nitrogen and oxygen atoms in total. The molecular formula is C20H32IN7O2. The van der Waals surface area contributed by atoms with Crippen molar-refractivity contribution >= 4 is 29.9 Å². The van der Waals surface area contributed by atoms with Crippen molar-refractivity contribution in [3.05, 3.63) is 35.8 Å². The molecule has 30 heavy (non-hydrogen) atoms. The number of furan rings is 1. The topological polar surface area (TPSA) is 92.7 Å². The predicted molar refractivity (Wildman–Crippen MR) is 125 cm³/mol. The van der Waals surface area contributed by atoms with Crippen molar-refractivity contribution in [2.45, 2.75) is 50.9 Å². The first kappa shape index (κ1) is 23.0. The predicted octanol–water partition coefficient (Wildman–Crippen LogP) is 1.95. The molecule has 2 aliphatic heterocycles. The molecule has 2 atom stereocenters. The number of fused-ring (bicyclic) bond motifs is 1. The lowest BCUT2D eigenvalue weighted by Crippen LogP contribution is -2.49. The van der Waals surface area contributed by atoms with Crippen LogP contribution >= 0.6 is 24.0 Å². The maximum Gasteiger partial charge on any atom is 0.191 e. The number of ether oxygens (including phenoxy) is 1. The zero-order valence-electron chi connectivity index (χ0n) is 17.7. The number of aromatic nitrogens is 3. The number of hydrogen-bond acceptors (Lipinski definition) is 6. The number of aryl methyl sites for hydroxylation is 1. The second kappa shape index (κ2) is 11.1.